The Morgan fingerprint density at radius 1 is 1.40 bits per heavy atom. The third-order valence-electron chi connectivity index (χ3n) is 2.32. The highest BCUT2D eigenvalue weighted by Crippen LogP contribution is 2.34. The summed E-state index contributed by atoms with van der Waals surface area (Å²) in [5.41, 5.74) is 0.0899. The lowest BCUT2D eigenvalue weighted by Gasteiger charge is -2.33. The number of fused-ring (bicyclic) bond motifs is 1. The minimum atomic E-state index is -3.29. The molecule has 0 unspecified atom stereocenters. The predicted octanol–water partition coefficient (Wildman–Crippen LogP) is 1.37. The van der Waals surface area contributed by atoms with Crippen molar-refractivity contribution < 1.29 is 13.5 Å². The number of benzene rings is 1. The fourth-order valence-electron chi connectivity index (χ4n) is 1.83. The third-order valence-corrected chi connectivity index (χ3v) is 4.43. The van der Waals surface area contributed by atoms with Crippen molar-refractivity contribution in [3.63, 3.8) is 0 Å². The molecule has 0 amide bonds. The largest absolute Gasteiger partial charge is 0.508 e. The maximum absolute atomic E-state index is 11.9. The van der Waals surface area contributed by atoms with Gasteiger partial charge in [-0.05, 0) is 26.0 Å². The van der Waals surface area contributed by atoms with E-state index in [9.17, 15) is 13.5 Å². The lowest BCUT2D eigenvalue weighted by Crippen LogP contribution is -2.42. The van der Waals surface area contributed by atoms with E-state index in [2.05, 4.69) is 5.32 Å². The van der Waals surface area contributed by atoms with Crippen molar-refractivity contribution in [2.24, 2.45) is 0 Å². The van der Waals surface area contributed by atoms with Crippen molar-refractivity contribution in [2.75, 3.05) is 11.1 Å². The molecule has 1 aliphatic rings. The average molecular weight is 227 g/mol. The van der Waals surface area contributed by atoms with E-state index in [-0.39, 0.29) is 16.4 Å². The minimum Gasteiger partial charge on any atom is -0.508 e. The lowest BCUT2D eigenvalue weighted by atomic mass is 10.1. The predicted molar refractivity (Wildman–Crippen MR) is 57.9 cm³/mol. The second-order valence-corrected chi connectivity index (χ2v) is 6.41. The molecule has 2 rings (SSSR count). The molecule has 1 heterocycles. The molecule has 0 bridgehead atoms. The Labute approximate surface area is 88.9 Å². The van der Waals surface area contributed by atoms with Gasteiger partial charge < -0.3 is 10.4 Å². The first-order valence-electron chi connectivity index (χ1n) is 4.64. The van der Waals surface area contributed by atoms with Crippen molar-refractivity contribution in [2.45, 2.75) is 24.3 Å². The quantitative estimate of drug-likeness (QED) is 0.657. The summed E-state index contributed by atoms with van der Waals surface area (Å²) < 4.78 is 23.8. The van der Waals surface area contributed by atoms with E-state index in [1.807, 2.05) is 13.8 Å². The molecule has 1 aromatic carbocycles. The second-order valence-electron chi connectivity index (χ2n) is 4.45. The van der Waals surface area contributed by atoms with Gasteiger partial charge >= 0.3 is 0 Å². The number of hydrogen-bond donors (Lipinski definition) is 2. The summed E-state index contributed by atoms with van der Waals surface area (Å²) in [7, 11) is -3.29. The highest BCUT2D eigenvalue weighted by Gasteiger charge is 2.35. The standard InChI is InChI=1S/C10H13NO3S/c1-10(2)6-15(13,14)9-5-7(12)3-4-8(9)11-10/h3-5,11-12H,6H2,1-2H3. The molecule has 0 spiro atoms. The Bertz CT molecular complexity index is 505. The van der Waals surface area contributed by atoms with E-state index in [4.69, 9.17) is 0 Å². The summed E-state index contributed by atoms with van der Waals surface area (Å²) in [6, 6.07) is 4.35. The van der Waals surface area contributed by atoms with E-state index in [1.165, 1.54) is 12.1 Å². The van der Waals surface area contributed by atoms with Gasteiger partial charge in [0.2, 0.25) is 0 Å². The first kappa shape index (κ1) is 10.3. The fraction of sp³-hybridized carbons (Fsp3) is 0.400. The number of nitrogens with one attached hydrogen (secondary N) is 1. The molecule has 15 heavy (non-hydrogen) atoms. The van der Waals surface area contributed by atoms with Gasteiger partial charge in [0.15, 0.2) is 9.84 Å². The molecule has 4 nitrogen and oxygen atoms in total. The van der Waals surface area contributed by atoms with E-state index >= 15 is 0 Å². The highest BCUT2D eigenvalue weighted by atomic mass is 32.2. The Morgan fingerprint density at radius 3 is 2.73 bits per heavy atom. The number of sulfone groups is 1. The Morgan fingerprint density at radius 2 is 2.07 bits per heavy atom. The maximum Gasteiger partial charge on any atom is 0.182 e. The molecule has 1 aromatic rings. The van der Waals surface area contributed by atoms with Gasteiger partial charge in [0.25, 0.3) is 0 Å². The monoisotopic (exact) mass is 227 g/mol. The van der Waals surface area contributed by atoms with Crippen LogP contribution in [0.25, 0.3) is 0 Å². The zero-order valence-corrected chi connectivity index (χ0v) is 9.43. The van der Waals surface area contributed by atoms with Gasteiger partial charge in [-0.1, -0.05) is 0 Å². The summed E-state index contributed by atoms with van der Waals surface area (Å²) in [6.07, 6.45) is 0. The third kappa shape index (κ3) is 1.79. The van der Waals surface area contributed by atoms with Crippen LogP contribution in [0.1, 0.15) is 13.8 Å². The molecule has 5 heteroatoms. The van der Waals surface area contributed by atoms with E-state index in [0.717, 1.165) is 0 Å². The van der Waals surface area contributed by atoms with Crippen molar-refractivity contribution in [3.05, 3.63) is 18.2 Å². The Hall–Kier alpha value is -1.23. The smallest absolute Gasteiger partial charge is 0.182 e. The van der Waals surface area contributed by atoms with Gasteiger partial charge in [-0.3, -0.25) is 0 Å². The van der Waals surface area contributed by atoms with E-state index in [1.54, 1.807) is 6.07 Å². The van der Waals surface area contributed by atoms with Gasteiger partial charge in [0.1, 0.15) is 5.75 Å². The van der Waals surface area contributed by atoms with Crippen LogP contribution in [0, 0.1) is 0 Å². The fourth-order valence-corrected chi connectivity index (χ4v) is 3.76. The topological polar surface area (TPSA) is 66.4 Å². The van der Waals surface area contributed by atoms with Crippen molar-refractivity contribution in [1.29, 1.82) is 0 Å². The molecule has 2 N–H and O–H groups in total. The summed E-state index contributed by atoms with van der Waals surface area (Å²) in [6.45, 7) is 3.67. The van der Waals surface area contributed by atoms with E-state index in [0.29, 0.717) is 5.69 Å². The molecule has 0 aromatic heterocycles. The zero-order chi connectivity index (χ0) is 11.3. The summed E-state index contributed by atoms with van der Waals surface area (Å²) in [5.74, 6) is 0.00929. The van der Waals surface area contributed by atoms with Crippen LogP contribution in [0.15, 0.2) is 23.1 Å². The maximum atomic E-state index is 11.9. The number of aromatic hydroxyl groups is 1. The molecule has 0 saturated heterocycles. The molecule has 0 radical (unpaired) electrons. The van der Waals surface area contributed by atoms with Gasteiger partial charge in [0.05, 0.1) is 16.3 Å². The van der Waals surface area contributed by atoms with Crippen LogP contribution in [0.2, 0.25) is 0 Å². The van der Waals surface area contributed by atoms with Crippen LogP contribution in [0.4, 0.5) is 5.69 Å². The summed E-state index contributed by atoms with van der Waals surface area (Å²) in [5, 5.41) is 12.4. The summed E-state index contributed by atoms with van der Waals surface area (Å²) >= 11 is 0. The van der Waals surface area contributed by atoms with Gasteiger partial charge in [0, 0.05) is 11.6 Å². The Balaban J connectivity index is 2.66. The molecule has 82 valence electrons. The molecular formula is C10H13NO3S. The SMILES string of the molecule is CC1(C)CS(=O)(=O)c2cc(O)ccc2N1. The van der Waals surface area contributed by atoms with Crippen LogP contribution < -0.4 is 5.32 Å². The normalized spacial score (nSPS) is 21.5. The summed E-state index contributed by atoms with van der Waals surface area (Å²) in [4.78, 5) is 0.182. The van der Waals surface area contributed by atoms with Crippen LogP contribution >= 0.6 is 0 Å². The van der Waals surface area contributed by atoms with Crippen LogP contribution in [0.5, 0.6) is 5.75 Å². The Kier molecular flexibility index (Phi) is 1.98. The minimum absolute atomic E-state index is 0.0289. The molecule has 1 aliphatic heterocycles. The van der Waals surface area contributed by atoms with Crippen LogP contribution in [-0.4, -0.2) is 24.8 Å². The molecule has 0 aliphatic carbocycles. The molecular weight excluding hydrogens is 214 g/mol. The van der Waals surface area contributed by atoms with E-state index < -0.39 is 15.4 Å². The highest BCUT2D eigenvalue weighted by molar-refractivity contribution is 7.91. The molecule has 0 saturated carbocycles. The molecule has 0 atom stereocenters. The molecule has 0 fully saturated rings. The van der Waals surface area contributed by atoms with Crippen molar-refractivity contribution in [3.8, 4) is 5.75 Å². The number of hydrogen-bond acceptors (Lipinski definition) is 4. The number of rotatable bonds is 0. The first-order chi connectivity index (χ1) is 6.80. The van der Waals surface area contributed by atoms with Crippen molar-refractivity contribution >= 4 is 15.5 Å². The number of phenolic OH excluding ortho intramolecular Hbond substituents is 1. The van der Waals surface area contributed by atoms with Gasteiger partial charge in [-0.15, -0.1) is 0 Å². The second kappa shape index (κ2) is 2.88. The number of anilines is 1. The van der Waals surface area contributed by atoms with Gasteiger partial charge in [-0.25, -0.2) is 8.42 Å². The lowest BCUT2D eigenvalue weighted by molar-refractivity contribution is 0.472. The number of phenols is 1. The van der Waals surface area contributed by atoms with Crippen molar-refractivity contribution in [1.82, 2.24) is 0 Å². The van der Waals surface area contributed by atoms with Crippen LogP contribution in [-0.2, 0) is 9.84 Å². The zero-order valence-electron chi connectivity index (χ0n) is 8.61. The van der Waals surface area contributed by atoms with Crippen LogP contribution in [0.3, 0.4) is 0 Å². The van der Waals surface area contributed by atoms with Gasteiger partial charge in [-0.2, -0.15) is 0 Å². The average Bonchev–Trinajstić information content (AvgIpc) is 2.03. The first-order valence-corrected chi connectivity index (χ1v) is 6.29.